The lowest BCUT2D eigenvalue weighted by Gasteiger charge is -2.07. The standard InChI is InChI=1S/C14H15ClN2O2S/c1-3-19-14(18)12-9(2)17-20-13(12)16-8-10-4-6-11(15)7-5-10/h4-7,16H,3,8H2,1-2H3. The Labute approximate surface area is 126 Å². The van der Waals surface area contributed by atoms with Crippen molar-refractivity contribution in [1.29, 1.82) is 0 Å². The van der Waals surface area contributed by atoms with Crippen LogP contribution >= 0.6 is 23.1 Å². The topological polar surface area (TPSA) is 51.2 Å². The Morgan fingerprint density at radius 1 is 1.40 bits per heavy atom. The van der Waals surface area contributed by atoms with Crippen molar-refractivity contribution in [3.8, 4) is 0 Å². The van der Waals surface area contributed by atoms with Crippen LogP contribution in [0.15, 0.2) is 24.3 Å². The van der Waals surface area contributed by atoms with E-state index in [-0.39, 0.29) is 5.97 Å². The molecular formula is C14H15ClN2O2S. The molecule has 2 rings (SSSR count). The quantitative estimate of drug-likeness (QED) is 0.851. The predicted molar refractivity (Wildman–Crippen MR) is 81.6 cm³/mol. The van der Waals surface area contributed by atoms with Crippen molar-refractivity contribution in [3.63, 3.8) is 0 Å². The number of benzene rings is 1. The van der Waals surface area contributed by atoms with Gasteiger partial charge in [-0.15, -0.1) is 0 Å². The minimum Gasteiger partial charge on any atom is -0.462 e. The maximum Gasteiger partial charge on any atom is 0.343 e. The van der Waals surface area contributed by atoms with E-state index < -0.39 is 0 Å². The van der Waals surface area contributed by atoms with Crippen LogP contribution in [0, 0.1) is 6.92 Å². The fourth-order valence-electron chi connectivity index (χ4n) is 1.72. The largest absolute Gasteiger partial charge is 0.462 e. The van der Waals surface area contributed by atoms with Gasteiger partial charge >= 0.3 is 5.97 Å². The minimum atomic E-state index is -0.336. The van der Waals surface area contributed by atoms with E-state index in [1.54, 1.807) is 13.8 Å². The van der Waals surface area contributed by atoms with E-state index in [1.165, 1.54) is 11.5 Å². The van der Waals surface area contributed by atoms with Gasteiger partial charge in [0.2, 0.25) is 0 Å². The Morgan fingerprint density at radius 3 is 2.75 bits per heavy atom. The number of carbonyl (C=O) groups excluding carboxylic acids is 1. The summed E-state index contributed by atoms with van der Waals surface area (Å²) in [5.74, 6) is -0.336. The molecule has 0 atom stereocenters. The smallest absolute Gasteiger partial charge is 0.343 e. The number of aryl methyl sites for hydroxylation is 1. The Morgan fingerprint density at radius 2 is 2.10 bits per heavy atom. The van der Waals surface area contributed by atoms with E-state index in [9.17, 15) is 4.79 Å². The summed E-state index contributed by atoms with van der Waals surface area (Å²) in [7, 11) is 0. The third-order valence-corrected chi connectivity index (χ3v) is 3.86. The van der Waals surface area contributed by atoms with Crippen LogP contribution in [0.5, 0.6) is 0 Å². The van der Waals surface area contributed by atoms with Crippen molar-refractivity contribution >= 4 is 34.1 Å². The summed E-state index contributed by atoms with van der Waals surface area (Å²) in [5.41, 5.74) is 2.29. The van der Waals surface area contributed by atoms with Crippen molar-refractivity contribution in [2.24, 2.45) is 0 Å². The first-order valence-electron chi connectivity index (χ1n) is 6.23. The summed E-state index contributed by atoms with van der Waals surface area (Å²) >= 11 is 7.11. The van der Waals surface area contributed by atoms with E-state index in [0.29, 0.717) is 29.4 Å². The zero-order valence-corrected chi connectivity index (χ0v) is 12.8. The zero-order valence-electron chi connectivity index (χ0n) is 11.3. The van der Waals surface area contributed by atoms with Gasteiger partial charge in [-0.05, 0) is 43.1 Å². The van der Waals surface area contributed by atoms with Crippen LogP contribution in [0.4, 0.5) is 5.00 Å². The molecule has 20 heavy (non-hydrogen) atoms. The maximum atomic E-state index is 11.9. The Balaban J connectivity index is 2.10. The molecule has 1 aromatic heterocycles. The molecule has 1 N–H and O–H groups in total. The van der Waals surface area contributed by atoms with Gasteiger partial charge < -0.3 is 10.1 Å². The molecule has 0 bridgehead atoms. The van der Waals surface area contributed by atoms with Crippen molar-refractivity contribution in [1.82, 2.24) is 4.37 Å². The number of nitrogens with one attached hydrogen (secondary N) is 1. The third-order valence-electron chi connectivity index (χ3n) is 2.71. The SMILES string of the molecule is CCOC(=O)c1c(C)nsc1NCc1ccc(Cl)cc1. The first-order valence-corrected chi connectivity index (χ1v) is 7.38. The van der Waals surface area contributed by atoms with E-state index in [0.717, 1.165) is 10.6 Å². The van der Waals surface area contributed by atoms with Crippen LogP contribution in [0.3, 0.4) is 0 Å². The molecule has 2 aromatic rings. The first kappa shape index (κ1) is 14.8. The average Bonchev–Trinajstić information content (AvgIpc) is 2.79. The molecule has 0 saturated heterocycles. The number of hydrogen-bond donors (Lipinski definition) is 1. The highest BCUT2D eigenvalue weighted by atomic mass is 35.5. The number of nitrogens with zero attached hydrogens (tertiary/aromatic N) is 1. The molecule has 0 aliphatic rings. The maximum absolute atomic E-state index is 11.9. The van der Waals surface area contributed by atoms with Crippen LogP contribution in [0.1, 0.15) is 28.5 Å². The second-order valence-corrected chi connectivity index (χ2v) is 5.38. The molecule has 0 radical (unpaired) electrons. The number of esters is 1. The van der Waals surface area contributed by atoms with Crippen LogP contribution in [-0.2, 0) is 11.3 Å². The molecule has 6 heteroatoms. The highest BCUT2D eigenvalue weighted by Gasteiger charge is 2.19. The molecule has 0 fully saturated rings. The third kappa shape index (κ3) is 3.49. The molecule has 0 aliphatic carbocycles. The number of ether oxygens (including phenoxy) is 1. The van der Waals surface area contributed by atoms with Crippen molar-refractivity contribution < 1.29 is 9.53 Å². The Kier molecular flexibility index (Phi) is 4.98. The molecule has 0 saturated carbocycles. The number of hydrogen-bond acceptors (Lipinski definition) is 5. The summed E-state index contributed by atoms with van der Waals surface area (Å²) in [6.45, 7) is 4.54. The van der Waals surface area contributed by atoms with Gasteiger partial charge in [0.05, 0.1) is 12.3 Å². The molecule has 4 nitrogen and oxygen atoms in total. The summed E-state index contributed by atoms with van der Waals surface area (Å²) in [5, 5.41) is 4.66. The highest BCUT2D eigenvalue weighted by molar-refractivity contribution is 7.10. The fraction of sp³-hybridized carbons (Fsp3) is 0.286. The van der Waals surface area contributed by atoms with Gasteiger partial charge in [0.1, 0.15) is 10.6 Å². The molecule has 0 spiro atoms. The highest BCUT2D eigenvalue weighted by Crippen LogP contribution is 2.26. The summed E-state index contributed by atoms with van der Waals surface area (Å²) in [6, 6.07) is 7.55. The van der Waals surface area contributed by atoms with Crippen LogP contribution in [0.25, 0.3) is 0 Å². The number of aromatic nitrogens is 1. The van der Waals surface area contributed by atoms with Crippen molar-refractivity contribution in [2.45, 2.75) is 20.4 Å². The summed E-state index contributed by atoms with van der Waals surface area (Å²) in [4.78, 5) is 11.9. The molecule has 0 aliphatic heterocycles. The number of anilines is 1. The van der Waals surface area contributed by atoms with Gasteiger partial charge in [-0.3, -0.25) is 0 Å². The van der Waals surface area contributed by atoms with E-state index >= 15 is 0 Å². The molecule has 1 heterocycles. The first-order chi connectivity index (χ1) is 9.61. The molecule has 1 aromatic carbocycles. The average molecular weight is 311 g/mol. The lowest BCUT2D eigenvalue weighted by Crippen LogP contribution is -2.09. The Bertz CT molecular complexity index is 596. The number of carbonyl (C=O) groups is 1. The van der Waals surface area contributed by atoms with Crippen molar-refractivity contribution in [2.75, 3.05) is 11.9 Å². The van der Waals surface area contributed by atoms with Gasteiger partial charge in [-0.25, -0.2) is 4.79 Å². The zero-order chi connectivity index (χ0) is 14.5. The number of rotatable bonds is 5. The van der Waals surface area contributed by atoms with Gasteiger partial charge in [0.15, 0.2) is 0 Å². The summed E-state index contributed by atoms with van der Waals surface area (Å²) in [6.07, 6.45) is 0. The van der Waals surface area contributed by atoms with Crippen LogP contribution in [0.2, 0.25) is 5.02 Å². The minimum absolute atomic E-state index is 0.336. The monoisotopic (exact) mass is 310 g/mol. The normalized spacial score (nSPS) is 10.3. The van der Waals surface area contributed by atoms with Gasteiger partial charge in [-0.2, -0.15) is 4.37 Å². The number of halogens is 1. The van der Waals surface area contributed by atoms with E-state index in [2.05, 4.69) is 9.69 Å². The molecular weight excluding hydrogens is 296 g/mol. The van der Waals surface area contributed by atoms with Gasteiger partial charge in [-0.1, -0.05) is 23.7 Å². The van der Waals surface area contributed by atoms with E-state index in [4.69, 9.17) is 16.3 Å². The van der Waals surface area contributed by atoms with Gasteiger partial charge in [0.25, 0.3) is 0 Å². The second kappa shape index (κ2) is 6.72. The van der Waals surface area contributed by atoms with Gasteiger partial charge in [0, 0.05) is 11.6 Å². The molecule has 106 valence electrons. The van der Waals surface area contributed by atoms with Crippen LogP contribution < -0.4 is 5.32 Å². The predicted octanol–water partition coefficient (Wildman–Crippen LogP) is 3.89. The molecule has 0 unspecified atom stereocenters. The van der Waals surface area contributed by atoms with Crippen LogP contribution in [-0.4, -0.2) is 16.9 Å². The lowest BCUT2D eigenvalue weighted by molar-refractivity contribution is 0.0527. The van der Waals surface area contributed by atoms with Crippen molar-refractivity contribution in [3.05, 3.63) is 46.1 Å². The molecule has 0 amide bonds. The Hall–Kier alpha value is -1.59. The fourth-order valence-corrected chi connectivity index (χ4v) is 2.62. The summed E-state index contributed by atoms with van der Waals surface area (Å²) < 4.78 is 9.25. The lowest BCUT2D eigenvalue weighted by atomic mass is 10.2. The second-order valence-electron chi connectivity index (χ2n) is 4.17. The van der Waals surface area contributed by atoms with E-state index in [1.807, 2.05) is 24.3 Å².